The number of unbranched alkanes of at least 4 members (excludes halogenated alkanes) is 2. The summed E-state index contributed by atoms with van der Waals surface area (Å²) in [7, 11) is 0. The van der Waals surface area contributed by atoms with Crippen LogP contribution in [-0.2, 0) is 4.79 Å². The quantitative estimate of drug-likeness (QED) is 0.513. The molecule has 0 saturated carbocycles. The molecule has 0 fully saturated rings. The van der Waals surface area contributed by atoms with Gasteiger partial charge in [0, 0.05) is 12.2 Å². The lowest BCUT2D eigenvalue weighted by Crippen LogP contribution is -2.26. The maximum atomic E-state index is 11.8. The van der Waals surface area contributed by atoms with Crippen molar-refractivity contribution in [3.63, 3.8) is 0 Å². The molecule has 0 saturated heterocycles. The number of hydrogen-bond acceptors (Lipinski definition) is 6. The minimum atomic E-state index is 0.0512. The van der Waals surface area contributed by atoms with Gasteiger partial charge in [0.1, 0.15) is 0 Å². The average molecular weight is 365 g/mol. The molecule has 1 heterocycles. The number of aryl methyl sites for hydroxylation is 1. The van der Waals surface area contributed by atoms with Crippen LogP contribution < -0.4 is 10.6 Å². The van der Waals surface area contributed by atoms with Crippen molar-refractivity contribution in [2.45, 2.75) is 44.4 Å². The highest BCUT2D eigenvalue weighted by Crippen LogP contribution is 2.29. The van der Waals surface area contributed by atoms with Crippen LogP contribution in [-0.4, -0.2) is 28.4 Å². The summed E-state index contributed by atoms with van der Waals surface area (Å²) in [6.07, 6.45) is 3.35. The van der Waals surface area contributed by atoms with E-state index < -0.39 is 0 Å². The summed E-state index contributed by atoms with van der Waals surface area (Å²) in [5.74, 6) is 0.430. The van der Waals surface area contributed by atoms with Crippen LogP contribution in [0.1, 0.15) is 37.3 Å². The zero-order valence-electron chi connectivity index (χ0n) is 14.4. The Hall–Kier alpha value is -1.60. The topological polar surface area (TPSA) is 66.9 Å². The molecule has 24 heavy (non-hydrogen) atoms. The molecule has 130 valence electrons. The van der Waals surface area contributed by atoms with Crippen molar-refractivity contribution in [2.24, 2.45) is 0 Å². The lowest BCUT2D eigenvalue weighted by atomic mass is 10.1. The molecule has 2 N–H and O–H groups in total. The van der Waals surface area contributed by atoms with Gasteiger partial charge in [0.05, 0.1) is 5.75 Å². The van der Waals surface area contributed by atoms with E-state index >= 15 is 0 Å². The number of amides is 1. The lowest BCUT2D eigenvalue weighted by molar-refractivity contribution is -0.118. The summed E-state index contributed by atoms with van der Waals surface area (Å²) in [5.41, 5.74) is 3.48. The van der Waals surface area contributed by atoms with Gasteiger partial charge in [-0.2, -0.15) is 0 Å². The third kappa shape index (κ3) is 5.79. The van der Waals surface area contributed by atoms with E-state index in [1.165, 1.54) is 34.2 Å². The lowest BCUT2D eigenvalue weighted by Gasteiger charge is -2.08. The van der Waals surface area contributed by atoms with Crippen LogP contribution in [0.15, 0.2) is 22.5 Å². The fraction of sp³-hybridized carbons (Fsp3) is 0.471. The van der Waals surface area contributed by atoms with Gasteiger partial charge in [-0.25, -0.2) is 0 Å². The van der Waals surface area contributed by atoms with Crippen LogP contribution in [0.3, 0.4) is 0 Å². The molecule has 2 rings (SSSR count). The summed E-state index contributed by atoms with van der Waals surface area (Å²) in [5, 5.41) is 15.3. The van der Waals surface area contributed by atoms with E-state index in [2.05, 4.69) is 47.7 Å². The number of rotatable bonds is 9. The van der Waals surface area contributed by atoms with Crippen molar-refractivity contribution >= 4 is 39.8 Å². The number of aromatic nitrogens is 2. The second-order valence-corrected chi connectivity index (χ2v) is 7.79. The van der Waals surface area contributed by atoms with Crippen LogP contribution in [0.2, 0.25) is 0 Å². The number of nitrogens with zero attached hydrogens (tertiary/aromatic N) is 2. The molecule has 5 nitrogen and oxygen atoms in total. The van der Waals surface area contributed by atoms with Gasteiger partial charge in [-0.3, -0.25) is 4.79 Å². The fourth-order valence-corrected chi connectivity index (χ4v) is 3.70. The molecule has 2 aromatic rings. The maximum absolute atomic E-state index is 11.8. The average Bonchev–Trinajstić information content (AvgIpc) is 3.01. The van der Waals surface area contributed by atoms with Crippen molar-refractivity contribution in [1.82, 2.24) is 15.5 Å². The third-order valence-electron chi connectivity index (χ3n) is 3.68. The summed E-state index contributed by atoms with van der Waals surface area (Å²) >= 11 is 2.89. The highest BCUT2D eigenvalue weighted by molar-refractivity contribution is 8.01. The van der Waals surface area contributed by atoms with Crippen molar-refractivity contribution in [3.05, 3.63) is 29.3 Å². The van der Waals surface area contributed by atoms with Gasteiger partial charge in [0.15, 0.2) is 4.34 Å². The number of benzene rings is 1. The second kappa shape index (κ2) is 9.64. The predicted molar refractivity (Wildman–Crippen MR) is 102 cm³/mol. The highest BCUT2D eigenvalue weighted by Gasteiger charge is 2.09. The van der Waals surface area contributed by atoms with Crippen molar-refractivity contribution < 1.29 is 4.79 Å². The van der Waals surface area contributed by atoms with E-state index in [0.29, 0.717) is 5.75 Å². The number of nitrogens with one attached hydrogen (secondary N) is 2. The first-order valence-corrected chi connectivity index (χ1v) is 9.96. The van der Waals surface area contributed by atoms with E-state index in [4.69, 9.17) is 0 Å². The van der Waals surface area contributed by atoms with Crippen molar-refractivity contribution in [2.75, 3.05) is 17.6 Å². The van der Waals surface area contributed by atoms with Gasteiger partial charge in [0.2, 0.25) is 11.0 Å². The molecule has 1 aromatic carbocycles. The van der Waals surface area contributed by atoms with Crippen LogP contribution >= 0.6 is 23.1 Å². The van der Waals surface area contributed by atoms with Crippen LogP contribution in [0.25, 0.3) is 0 Å². The Morgan fingerprint density at radius 2 is 2.08 bits per heavy atom. The van der Waals surface area contributed by atoms with Crippen LogP contribution in [0.4, 0.5) is 10.8 Å². The molecule has 0 unspecified atom stereocenters. The Labute approximate surface area is 151 Å². The van der Waals surface area contributed by atoms with Gasteiger partial charge < -0.3 is 10.6 Å². The van der Waals surface area contributed by atoms with Gasteiger partial charge in [-0.15, -0.1) is 10.2 Å². The van der Waals surface area contributed by atoms with E-state index in [0.717, 1.165) is 41.0 Å². The summed E-state index contributed by atoms with van der Waals surface area (Å²) in [6.45, 7) is 7.07. The van der Waals surface area contributed by atoms with E-state index in [-0.39, 0.29) is 5.91 Å². The number of carbonyl (C=O) groups excluding carboxylic acids is 1. The van der Waals surface area contributed by atoms with Gasteiger partial charge in [0.25, 0.3) is 0 Å². The molecule has 1 aromatic heterocycles. The molecule has 0 atom stereocenters. The Morgan fingerprint density at radius 1 is 1.25 bits per heavy atom. The number of carbonyl (C=O) groups is 1. The van der Waals surface area contributed by atoms with Crippen LogP contribution in [0.5, 0.6) is 0 Å². The molecule has 7 heteroatoms. The zero-order valence-corrected chi connectivity index (χ0v) is 16.0. The zero-order chi connectivity index (χ0) is 17.4. The van der Waals surface area contributed by atoms with Gasteiger partial charge in [-0.1, -0.05) is 55.0 Å². The van der Waals surface area contributed by atoms with Gasteiger partial charge >= 0.3 is 0 Å². The first-order valence-electron chi connectivity index (χ1n) is 8.16. The molecule has 0 bridgehead atoms. The fourth-order valence-electron chi connectivity index (χ4n) is 2.10. The SMILES string of the molecule is CCCCCNC(=O)CSc1nnc(Nc2cccc(C)c2C)s1. The number of hydrogen-bond donors (Lipinski definition) is 2. The first-order chi connectivity index (χ1) is 11.6. The standard InChI is InChI=1S/C17H24N4OS2/c1-4-5-6-10-18-15(22)11-23-17-21-20-16(24-17)19-14-9-7-8-12(2)13(14)3/h7-9H,4-6,10-11H2,1-3H3,(H,18,22)(H,19,20). The Bertz CT molecular complexity index is 672. The molecule has 0 spiro atoms. The Balaban J connectivity index is 1.81. The first kappa shape index (κ1) is 18.7. The predicted octanol–water partition coefficient (Wildman–Crippen LogP) is 4.30. The van der Waals surface area contributed by atoms with Gasteiger partial charge in [-0.05, 0) is 37.5 Å². The van der Waals surface area contributed by atoms with E-state index in [1.54, 1.807) is 0 Å². The molecular formula is C17H24N4OS2. The van der Waals surface area contributed by atoms with Crippen LogP contribution in [0, 0.1) is 13.8 Å². The molecule has 0 aliphatic carbocycles. The monoisotopic (exact) mass is 364 g/mol. The molecule has 0 radical (unpaired) electrons. The second-order valence-electron chi connectivity index (χ2n) is 5.59. The minimum Gasteiger partial charge on any atom is -0.355 e. The van der Waals surface area contributed by atoms with E-state index in [9.17, 15) is 4.79 Å². The molecule has 0 aliphatic heterocycles. The normalized spacial score (nSPS) is 10.6. The Kier molecular flexibility index (Phi) is 7.52. The summed E-state index contributed by atoms with van der Waals surface area (Å²) in [4.78, 5) is 11.8. The maximum Gasteiger partial charge on any atom is 0.230 e. The molecule has 0 aliphatic rings. The molecular weight excluding hydrogens is 340 g/mol. The van der Waals surface area contributed by atoms with E-state index in [1.807, 2.05) is 12.1 Å². The summed E-state index contributed by atoms with van der Waals surface area (Å²) < 4.78 is 0.798. The third-order valence-corrected chi connectivity index (χ3v) is 5.65. The largest absolute Gasteiger partial charge is 0.355 e. The molecule has 1 amide bonds. The summed E-state index contributed by atoms with van der Waals surface area (Å²) in [6, 6.07) is 6.13. The van der Waals surface area contributed by atoms with Crippen molar-refractivity contribution in [1.29, 1.82) is 0 Å². The minimum absolute atomic E-state index is 0.0512. The smallest absolute Gasteiger partial charge is 0.230 e. The number of thioether (sulfide) groups is 1. The Morgan fingerprint density at radius 3 is 2.88 bits per heavy atom. The number of anilines is 2. The highest BCUT2D eigenvalue weighted by atomic mass is 32.2. The van der Waals surface area contributed by atoms with Crippen molar-refractivity contribution in [3.8, 4) is 0 Å².